The third kappa shape index (κ3) is 8.64. The van der Waals surface area contributed by atoms with Crippen molar-refractivity contribution in [3.8, 4) is 29.4 Å². The number of unbranched alkanes of at least 4 members (excludes halogenated alkanes) is 2. The van der Waals surface area contributed by atoms with Gasteiger partial charge in [-0.05, 0) is 66.9 Å². The molecule has 244 valence electrons. The quantitative estimate of drug-likeness (QED) is 0.108. The Kier molecular flexibility index (Phi) is 10.5. The molecule has 0 saturated carbocycles. The Balaban J connectivity index is 1.51. The summed E-state index contributed by atoms with van der Waals surface area (Å²) in [6.07, 6.45) is -6.48. The van der Waals surface area contributed by atoms with E-state index in [0.29, 0.717) is 24.6 Å². The molecule has 0 unspecified atom stereocenters. The third-order valence-electron chi connectivity index (χ3n) is 6.63. The molecule has 0 aromatic heterocycles. The number of hydrogen-bond acceptors (Lipinski definition) is 1. The van der Waals surface area contributed by atoms with Crippen molar-refractivity contribution < 1.29 is 53.0 Å². The van der Waals surface area contributed by atoms with Gasteiger partial charge >= 0.3 is 12.3 Å². The van der Waals surface area contributed by atoms with Crippen LogP contribution in [0.15, 0.2) is 60.7 Å². The lowest BCUT2D eigenvalue weighted by Crippen LogP contribution is -2.25. The lowest BCUT2D eigenvalue weighted by molar-refractivity contribution is -0.189. The summed E-state index contributed by atoms with van der Waals surface area (Å²) >= 11 is 0. The minimum absolute atomic E-state index is 0.0725. The summed E-state index contributed by atoms with van der Waals surface area (Å²) < 4.78 is 158. The van der Waals surface area contributed by atoms with E-state index >= 15 is 0 Å². The van der Waals surface area contributed by atoms with Crippen LogP contribution in [-0.4, -0.2) is 0 Å². The lowest BCUT2D eigenvalue weighted by Gasteiger charge is -2.19. The minimum Gasteiger partial charge on any atom is -0.429 e. The zero-order chi connectivity index (χ0) is 34.5. The van der Waals surface area contributed by atoms with Gasteiger partial charge in [-0.15, -0.1) is 0 Å². The summed E-state index contributed by atoms with van der Waals surface area (Å²) in [5.41, 5.74) is -4.78. The molecule has 0 atom stereocenters. The van der Waals surface area contributed by atoms with Crippen molar-refractivity contribution in [1.29, 1.82) is 0 Å². The highest BCUT2D eigenvalue weighted by Crippen LogP contribution is 2.36. The molecule has 12 heteroatoms. The van der Waals surface area contributed by atoms with Crippen molar-refractivity contribution in [3.05, 3.63) is 135 Å². The normalized spacial score (nSPS) is 11.4. The summed E-state index contributed by atoms with van der Waals surface area (Å²) in [5.74, 6) is -1.42. The summed E-state index contributed by atoms with van der Waals surface area (Å²) in [5, 5.41) is 0. The number of alkyl halides is 5. The molecule has 0 bridgehead atoms. The molecule has 0 spiro atoms. The number of halogens is 11. The summed E-state index contributed by atoms with van der Waals surface area (Å²) in [7, 11) is 0. The topological polar surface area (TPSA) is 9.23 Å². The fourth-order valence-electron chi connectivity index (χ4n) is 4.37. The second-order valence-corrected chi connectivity index (χ2v) is 10.2. The van der Waals surface area contributed by atoms with Crippen LogP contribution in [0.2, 0.25) is 0 Å². The first kappa shape index (κ1) is 34.9. The Bertz CT molecular complexity index is 1880. The maximum Gasteiger partial charge on any atom is 0.432 e. The number of hydrogen-bond donors (Lipinski definition) is 0. The molecule has 4 rings (SSSR count). The zero-order valence-corrected chi connectivity index (χ0v) is 24.2. The largest absolute Gasteiger partial charge is 0.432 e. The van der Waals surface area contributed by atoms with E-state index in [1.54, 1.807) is 6.07 Å². The fourth-order valence-corrected chi connectivity index (χ4v) is 4.37. The highest BCUT2D eigenvalue weighted by Gasteiger charge is 2.41. The average Bonchev–Trinajstić information content (AvgIpc) is 2.94. The van der Waals surface area contributed by atoms with Gasteiger partial charge in [-0.3, -0.25) is 0 Å². The second kappa shape index (κ2) is 14.2. The van der Waals surface area contributed by atoms with Gasteiger partial charge in [-0.1, -0.05) is 49.5 Å². The van der Waals surface area contributed by atoms with Gasteiger partial charge < -0.3 is 4.74 Å². The molecular weight excluding hydrogens is 645 g/mol. The molecule has 4 aromatic carbocycles. The standard InChI is InChI=1S/C35H21F11O/c1-2-3-4-5-20-6-9-23(26(36)14-20)10-7-22-17-30(40)33(31(41)18-22)35(45,46)47-25-13-12-24(27(37)19-25)11-8-21-15-28(38)32(29(39)16-21)34(42,43)44/h6,9,12-19H,2-5H2,1H3. The van der Waals surface area contributed by atoms with Crippen LogP contribution in [0.1, 0.15) is 65.1 Å². The Hall–Kier alpha value is -4.97. The predicted molar refractivity (Wildman–Crippen MR) is 150 cm³/mol. The van der Waals surface area contributed by atoms with Gasteiger partial charge in [0.15, 0.2) is 0 Å². The van der Waals surface area contributed by atoms with Gasteiger partial charge in [0.2, 0.25) is 0 Å². The Labute approximate surface area is 262 Å². The van der Waals surface area contributed by atoms with Crippen molar-refractivity contribution in [2.45, 2.75) is 44.9 Å². The van der Waals surface area contributed by atoms with Crippen LogP contribution in [0, 0.1) is 58.6 Å². The van der Waals surface area contributed by atoms with Gasteiger partial charge in [-0.25, -0.2) is 26.3 Å². The Morgan fingerprint density at radius 1 is 0.553 bits per heavy atom. The number of aryl methyl sites for hydroxylation is 1. The molecule has 0 saturated heterocycles. The van der Waals surface area contributed by atoms with Gasteiger partial charge in [-0.2, -0.15) is 22.0 Å². The summed E-state index contributed by atoms with van der Waals surface area (Å²) in [4.78, 5) is 0. The monoisotopic (exact) mass is 666 g/mol. The van der Waals surface area contributed by atoms with E-state index in [0.717, 1.165) is 37.0 Å². The first-order valence-electron chi connectivity index (χ1n) is 13.8. The van der Waals surface area contributed by atoms with Crippen LogP contribution in [0.3, 0.4) is 0 Å². The number of benzene rings is 4. The van der Waals surface area contributed by atoms with Gasteiger partial charge in [0.1, 0.15) is 51.8 Å². The van der Waals surface area contributed by atoms with E-state index in [9.17, 15) is 48.3 Å². The SMILES string of the molecule is CCCCCc1ccc(C#Cc2cc(F)c(C(F)(F)Oc3ccc(C#Cc4cc(F)c(C(F)(F)F)c(F)c4)c(F)c3)c(F)c2)c(F)c1. The molecule has 0 aliphatic rings. The first-order chi connectivity index (χ1) is 22.1. The maximum atomic E-state index is 14.9. The molecule has 0 aliphatic carbocycles. The highest BCUT2D eigenvalue weighted by molar-refractivity contribution is 5.48. The molecule has 0 amide bonds. The van der Waals surface area contributed by atoms with Gasteiger partial charge in [0.25, 0.3) is 0 Å². The van der Waals surface area contributed by atoms with E-state index in [4.69, 9.17) is 0 Å². The van der Waals surface area contributed by atoms with Crippen LogP contribution in [0.5, 0.6) is 5.75 Å². The van der Waals surface area contributed by atoms with Crippen molar-refractivity contribution in [1.82, 2.24) is 0 Å². The number of ether oxygens (including phenoxy) is 1. The average molecular weight is 667 g/mol. The Morgan fingerprint density at radius 2 is 1.04 bits per heavy atom. The Morgan fingerprint density at radius 3 is 1.51 bits per heavy atom. The summed E-state index contributed by atoms with van der Waals surface area (Å²) in [6, 6.07) is 7.81. The molecular formula is C35H21F11O. The third-order valence-corrected chi connectivity index (χ3v) is 6.63. The lowest BCUT2D eigenvalue weighted by atomic mass is 10.0. The van der Waals surface area contributed by atoms with Crippen LogP contribution in [-0.2, 0) is 18.7 Å². The zero-order valence-electron chi connectivity index (χ0n) is 24.2. The first-order valence-corrected chi connectivity index (χ1v) is 13.8. The van der Waals surface area contributed by atoms with Crippen LogP contribution in [0.25, 0.3) is 0 Å². The van der Waals surface area contributed by atoms with Crippen molar-refractivity contribution in [2.75, 3.05) is 0 Å². The molecule has 1 nitrogen and oxygen atoms in total. The molecule has 0 aliphatic heterocycles. The van der Waals surface area contributed by atoms with Gasteiger partial charge in [0.05, 0.1) is 11.1 Å². The second-order valence-electron chi connectivity index (χ2n) is 10.2. The fraction of sp³-hybridized carbons (Fsp3) is 0.200. The van der Waals surface area contributed by atoms with E-state index in [1.807, 2.05) is 6.92 Å². The highest BCUT2D eigenvalue weighted by atomic mass is 19.4. The molecule has 0 N–H and O–H groups in total. The van der Waals surface area contributed by atoms with Gasteiger partial charge in [0, 0.05) is 17.2 Å². The molecule has 47 heavy (non-hydrogen) atoms. The minimum atomic E-state index is -5.31. The molecule has 4 aromatic rings. The van der Waals surface area contributed by atoms with Crippen LogP contribution >= 0.6 is 0 Å². The smallest absolute Gasteiger partial charge is 0.429 e. The summed E-state index contributed by atoms with van der Waals surface area (Å²) in [6.45, 7) is 2.03. The number of rotatable bonds is 7. The van der Waals surface area contributed by atoms with E-state index < -0.39 is 75.2 Å². The van der Waals surface area contributed by atoms with E-state index in [1.165, 1.54) is 12.1 Å². The van der Waals surface area contributed by atoms with E-state index in [2.05, 4.69) is 28.4 Å². The van der Waals surface area contributed by atoms with Crippen LogP contribution in [0.4, 0.5) is 48.3 Å². The van der Waals surface area contributed by atoms with Crippen molar-refractivity contribution in [3.63, 3.8) is 0 Å². The van der Waals surface area contributed by atoms with E-state index in [-0.39, 0.29) is 23.3 Å². The van der Waals surface area contributed by atoms with Crippen molar-refractivity contribution >= 4 is 0 Å². The molecule has 0 fully saturated rings. The maximum absolute atomic E-state index is 14.9. The van der Waals surface area contributed by atoms with Crippen LogP contribution < -0.4 is 4.74 Å². The molecule has 0 radical (unpaired) electrons. The van der Waals surface area contributed by atoms with Crippen molar-refractivity contribution in [2.24, 2.45) is 0 Å². The predicted octanol–water partition coefficient (Wildman–Crippen LogP) is 10.2. The molecule has 0 heterocycles.